The molecule has 50 valence electrons. The van der Waals surface area contributed by atoms with Crippen molar-refractivity contribution in [1.29, 1.82) is 0 Å². The summed E-state index contributed by atoms with van der Waals surface area (Å²) in [4.78, 5) is 4.14. The number of pyridine rings is 1. The molecule has 2 rings (SSSR count). The van der Waals surface area contributed by atoms with Crippen molar-refractivity contribution in [3.63, 3.8) is 0 Å². The molecule has 2 heterocycles. The molecule has 0 N–H and O–H groups in total. The van der Waals surface area contributed by atoms with Gasteiger partial charge < -0.3 is 4.74 Å². The second-order valence-electron chi connectivity index (χ2n) is 2.15. The van der Waals surface area contributed by atoms with Crippen LogP contribution in [-0.4, -0.2) is 4.98 Å². The first-order valence-electron chi connectivity index (χ1n) is 3.19. The van der Waals surface area contributed by atoms with Gasteiger partial charge in [-0.1, -0.05) is 6.07 Å². The number of aromatic nitrogens is 1. The normalized spacial score (nSPS) is 14.0. The van der Waals surface area contributed by atoms with Gasteiger partial charge in [-0.2, -0.15) is 0 Å². The average molecular weight is 133 g/mol. The maximum Gasteiger partial charge on any atom is 0.130 e. The Morgan fingerprint density at radius 2 is 2.50 bits per heavy atom. The molecule has 0 atom stereocenters. The van der Waals surface area contributed by atoms with Crippen molar-refractivity contribution in [2.45, 2.75) is 6.61 Å². The highest BCUT2D eigenvalue weighted by Crippen LogP contribution is 2.13. The quantitative estimate of drug-likeness (QED) is 0.536. The third kappa shape index (κ3) is 0.778. The van der Waals surface area contributed by atoms with Crippen LogP contribution in [0, 0.1) is 0 Å². The summed E-state index contributed by atoms with van der Waals surface area (Å²) in [6.07, 6.45) is 5.40. The van der Waals surface area contributed by atoms with E-state index in [-0.39, 0.29) is 0 Å². The summed E-state index contributed by atoms with van der Waals surface area (Å²) in [5.41, 5.74) is 2.18. The lowest BCUT2D eigenvalue weighted by molar-refractivity contribution is 0.230. The van der Waals surface area contributed by atoms with Gasteiger partial charge in [-0.05, 0) is 12.1 Å². The van der Waals surface area contributed by atoms with E-state index in [9.17, 15) is 0 Å². The minimum Gasteiger partial charge on any atom is -0.495 e. The van der Waals surface area contributed by atoms with Gasteiger partial charge in [0.1, 0.15) is 6.61 Å². The number of fused-ring (bicyclic) bond motifs is 1. The first-order valence-corrected chi connectivity index (χ1v) is 3.19. The molecule has 0 saturated carbocycles. The van der Waals surface area contributed by atoms with Crippen LogP contribution in [0.3, 0.4) is 0 Å². The summed E-state index contributed by atoms with van der Waals surface area (Å²) >= 11 is 0. The standard InChI is InChI=1S/C8H7NO/c1-2-7-3-5-10-6-8(7)9-4-1/h1-5H,6H2. The van der Waals surface area contributed by atoms with Gasteiger partial charge in [-0.15, -0.1) is 0 Å². The summed E-state index contributed by atoms with van der Waals surface area (Å²) in [5.74, 6) is 0. The van der Waals surface area contributed by atoms with Crippen LogP contribution in [0.1, 0.15) is 11.3 Å². The fourth-order valence-corrected chi connectivity index (χ4v) is 0.971. The lowest BCUT2D eigenvalue weighted by Crippen LogP contribution is -1.98. The molecule has 0 aliphatic carbocycles. The molecule has 0 amide bonds. The molecule has 0 spiro atoms. The van der Waals surface area contributed by atoms with Gasteiger partial charge in [-0.3, -0.25) is 4.98 Å². The molecular weight excluding hydrogens is 126 g/mol. The second kappa shape index (κ2) is 2.14. The largest absolute Gasteiger partial charge is 0.495 e. The highest BCUT2D eigenvalue weighted by Gasteiger charge is 2.02. The molecule has 2 heteroatoms. The van der Waals surface area contributed by atoms with Gasteiger partial charge in [-0.25, -0.2) is 0 Å². The fourth-order valence-electron chi connectivity index (χ4n) is 0.971. The number of rotatable bonds is 0. The Hall–Kier alpha value is -1.31. The van der Waals surface area contributed by atoms with Crippen LogP contribution in [0.25, 0.3) is 6.08 Å². The summed E-state index contributed by atoms with van der Waals surface area (Å²) < 4.78 is 5.05. The Morgan fingerprint density at radius 1 is 1.50 bits per heavy atom. The Morgan fingerprint density at radius 3 is 3.40 bits per heavy atom. The van der Waals surface area contributed by atoms with E-state index in [4.69, 9.17) is 4.74 Å². The number of nitrogens with zero attached hydrogens (tertiary/aromatic N) is 1. The third-order valence-electron chi connectivity index (χ3n) is 1.49. The van der Waals surface area contributed by atoms with E-state index >= 15 is 0 Å². The molecule has 0 saturated heterocycles. The van der Waals surface area contributed by atoms with E-state index in [0.29, 0.717) is 6.61 Å². The molecule has 1 aromatic rings. The van der Waals surface area contributed by atoms with Gasteiger partial charge in [0.15, 0.2) is 0 Å². The monoisotopic (exact) mass is 133 g/mol. The average Bonchev–Trinajstić information content (AvgIpc) is 2.05. The first kappa shape index (κ1) is 5.47. The number of hydrogen-bond donors (Lipinski definition) is 0. The van der Waals surface area contributed by atoms with Crippen LogP contribution in [0.5, 0.6) is 0 Å². The summed E-state index contributed by atoms with van der Waals surface area (Å²) in [6.45, 7) is 0.604. The van der Waals surface area contributed by atoms with Crippen molar-refractivity contribution < 1.29 is 4.74 Å². The van der Waals surface area contributed by atoms with Crippen LogP contribution < -0.4 is 0 Å². The second-order valence-corrected chi connectivity index (χ2v) is 2.15. The molecule has 0 fully saturated rings. The van der Waals surface area contributed by atoms with Crippen LogP contribution in [-0.2, 0) is 11.3 Å². The summed E-state index contributed by atoms with van der Waals surface area (Å²) in [7, 11) is 0. The Kier molecular flexibility index (Phi) is 1.17. The van der Waals surface area contributed by atoms with Crippen molar-refractivity contribution in [2.24, 2.45) is 0 Å². The van der Waals surface area contributed by atoms with Crippen molar-refractivity contribution in [2.75, 3.05) is 0 Å². The molecule has 0 unspecified atom stereocenters. The van der Waals surface area contributed by atoms with Gasteiger partial charge >= 0.3 is 0 Å². The zero-order chi connectivity index (χ0) is 6.81. The Bertz CT molecular complexity index is 268. The fraction of sp³-hybridized carbons (Fsp3) is 0.125. The molecular formula is C8H7NO. The number of ether oxygens (including phenoxy) is 1. The SMILES string of the molecule is C1=Cc2cccnc2CO1. The van der Waals surface area contributed by atoms with E-state index in [1.54, 1.807) is 12.5 Å². The van der Waals surface area contributed by atoms with Gasteiger partial charge in [0, 0.05) is 11.8 Å². The molecule has 2 nitrogen and oxygen atoms in total. The van der Waals surface area contributed by atoms with E-state index in [2.05, 4.69) is 4.98 Å². The van der Waals surface area contributed by atoms with Crippen molar-refractivity contribution in [3.05, 3.63) is 35.8 Å². The highest BCUT2D eigenvalue weighted by molar-refractivity contribution is 5.51. The predicted octanol–water partition coefficient (Wildman–Crippen LogP) is 1.58. The van der Waals surface area contributed by atoms with Gasteiger partial charge in [0.25, 0.3) is 0 Å². The van der Waals surface area contributed by atoms with Gasteiger partial charge in [0.05, 0.1) is 12.0 Å². The van der Waals surface area contributed by atoms with Crippen molar-refractivity contribution in [3.8, 4) is 0 Å². The molecule has 0 aromatic carbocycles. The Labute approximate surface area is 59.2 Å². The molecule has 1 aliphatic heterocycles. The zero-order valence-electron chi connectivity index (χ0n) is 5.45. The van der Waals surface area contributed by atoms with E-state index in [1.165, 1.54) is 0 Å². The smallest absolute Gasteiger partial charge is 0.130 e. The Balaban J connectivity index is 2.54. The molecule has 0 bridgehead atoms. The predicted molar refractivity (Wildman–Crippen MR) is 38.1 cm³/mol. The van der Waals surface area contributed by atoms with Crippen LogP contribution in [0.2, 0.25) is 0 Å². The maximum atomic E-state index is 5.05. The molecule has 1 aromatic heterocycles. The topological polar surface area (TPSA) is 22.1 Å². The lowest BCUT2D eigenvalue weighted by Gasteiger charge is -2.08. The molecule has 10 heavy (non-hydrogen) atoms. The van der Waals surface area contributed by atoms with Crippen LogP contribution >= 0.6 is 0 Å². The summed E-state index contributed by atoms with van der Waals surface area (Å²) in [5, 5.41) is 0. The zero-order valence-corrected chi connectivity index (χ0v) is 5.45. The maximum absolute atomic E-state index is 5.05. The minimum atomic E-state index is 0.604. The van der Waals surface area contributed by atoms with Crippen LogP contribution in [0.4, 0.5) is 0 Å². The van der Waals surface area contributed by atoms with E-state index in [0.717, 1.165) is 11.3 Å². The van der Waals surface area contributed by atoms with Gasteiger partial charge in [0.2, 0.25) is 0 Å². The first-order chi connectivity index (χ1) is 4.97. The highest BCUT2D eigenvalue weighted by atomic mass is 16.5. The molecule has 0 radical (unpaired) electrons. The van der Waals surface area contributed by atoms with E-state index in [1.807, 2.05) is 18.2 Å². The molecule has 1 aliphatic rings. The van der Waals surface area contributed by atoms with Crippen molar-refractivity contribution in [1.82, 2.24) is 4.98 Å². The van der Waals surface area contributed by atoms with E-state index < -0.39 is 0 Å². The third-order valence-corrected chi connectivity index (χ3v) is 1.49. The summed E-state index contributed by atoms with van der Waals surface area (Å²) in [6, 6.07) is 3.95. The lowest BCUT2D eigenvalue weighted by atomic mass is 10.2. The van der Waals surface area contributed by atoms with Crippen LogP contribution in [0.15, 0.2) is 24.6 Å². The minimum absolute atomic E-state index is 0.604. The van der Waals surface area contributed by atoms with Crippen molar-refractivity contribution >= 4 is 6.08 Å². The number of hydrogen-bond acceptors (Lipinski definition) is 2.